The minimum absolute atomic E-state index is 0.267. The van der Waals surface area contributed by atoms with Gasteiger partial charge in [0.05, 0.1) is 11.8 Å². The lowest BCUT2D eigenvalue weighted by Gasteiger charge is -2.06. The van der Waals surface area contributed by atoms with Crippen LogP contribution in [0.5, 0.6) is 0 Å². The SMILES string of the molecule is CC(C)n1cc(C(O)CN)c(C2CC2)n1. The highest BCUT2D eigenvalue weighted by Gasteiger charge is 2.31. The Hall–Kier alpha value is -0.870. The molecule has 1 aliphatic rings. The smallest absolute Gasteiger partial charge is 0.0945 e. The molecule has 3 N–H and O–H groups in total. The molecular weight excluding hydrogens is 190 g/mol. The summed E-state index contributed by atoms with van der Waals surface area (Å²) in [6, 6.07) is 0.334. The predicted octanol–water partition coefficient (Wildman–Crippen LogP) is 1.33. The molecule has 1 atom stereocenters. The molecule has 1 fully saturated rings. The third kappa shape index (κ3) is 2.06. The van der Waals surface area contributed by atoms with Gasteiger partial charge in [-0.1, -0.05) is 0 Å². The predicted molar refractivity (Wildman–Crippen MR) is 58.6 cm³/mol. The Balaban J connectivity index is 2.32. The second-order valence-electron chi connectivity index (χ2n) is 4.57. The summed E-state index contributed by atoms with van der Waals surface area (Å²) in [5.41, 5.74) is 7.47. The van der Waals surface area contributed by atoms with Crippen LogP contribution >= 0.6 is 0 Å². The molecule has 0 amide bonds. The number of aromatic nitrogens is 2. The third-order valence-corrected chi connectivity index (χ3v) is 2.87. The Morgan fingerprint density at radius 1 is 1.60 bits per heavy atom. The summed E-state index contributed by atoms with van der Waals surface area (Å²) in [5, 5.41) is 14.3. The normalized spacial score (nSPS) is 18.5. The van der Waals surface area contributed by atoms with Gasteiger partial charge in [0.15, 0.2) is 0 Å². The molecule has 0 spiro atoms. The lowest BCUT2D eigenvalue weighted by atomic mass is 10.1. The molecule has 84 valence electrons. The Kier molecular flexibility index (Phi) is 2.80. The van der Waals surface area contributed by atoms with Crippen molar-refractivity contribution in [3.05, 3.63) is 17.5 Å². The first kappa shape index (κ1) is 10.6. The van der Waals surface area contributed by atoms with Crippen LogP contribution in [0.3, 0.4) is 0 Å². The van der Waals surface area contributed by atoms with E-state index in [0.717, 1.165) is 11.3 Å². The summed E-state index contributed by atoms with van der Waals surface area (Å²) in [7, 11) is 0. The maximum absolute atomic E-state index is 9.80. The average Bonchev–Trinajstić information content (AvgIpc) is 2.96. The van der Waals surface area contributed by atoms with Crippen LogP contribution in [0.1, 0.15) is 56.0 Å². The molecule has 0 radical (unpaired) electrons. The van der Waals surface area contributed by atoms with E-state index in [-0.39, 0.29) is 6.54 Å². The average molecular weight is 209 g/mol. The minimum atomic E-state index is -0.562. The summed E-state index contributed by atoms with van der Waals surface area (Å²) >= 11 is 0. The number of rotatable bonds is 4. The Bertz CT molecular complexity index is 342. The van der Waals surface area contributed by atoms with Crippen LogP contribution in [0.4, 0.5) is 0 Å². The number of hydrogen-bond donors (Lipinski definition) is 2. The van der Waals surface area contributed by atoms with Crippen LogP contribution in [0.15, 0.2) is 6.20 Å². The highest BCUT2D eigenvalue weighted by Crippen LogP contribution is 2.42. The van der Waals surface area contributed by atoms with Crippen molar-refractivity contribution in [1.82, 2.24) is 9.78 Å². The van der Waals surface area contributed by atoms with E-state index >= 15 is 0 Å². The zero-order chi connectivity index (χ0) is 11.0. The van der Waals surface area contributed by atoms with Gasteiger partial charge in [-0.25, -0.2) is 0 Å². The van der Waals surface area contributed by atoms with Gasteiger partial charge in [0.1, 0.15) is 0 Å². The fraction of sp³-hybridized carbons (Fsp3) is 0.727. The molecule has 1 heterocycles. The number of nitrogens with zero attached hydrogens (tertiary/aromatic N) is 2. The molecule has 4 heteroatoms. The van der Waals surface area contributed by atoms with Crippen LogP contribution in [-0.2, 0) is 0 Å². The van der Waals surface area contributed by atoms with E-state index in [1.54, 1.807) is 0 Å². The first-order valence-electron chi connectivity index (χ1n) is 5.60. The van der Waals surface area contributed by atoms with Crippen LogP contribution in [-0.4, -0.2) is 21.4 Å². The van der Waals surface area contributed by atoms with Gasteiger partial charge in [0.2, 0.25) is 0 Å². The van der Waals surface area contributed by atoms with Crippen LogP contribution in [0.25, 0.3) is 0 Å². The van der Waals surface area contributed by atoms with Crippen LogP contribution in [0.2, 0.25) is 0 Å². The molecule has 1 aromatic heterocycles. The molecule has 1 saturated carbocycles. The van der Waals surface area contributed by atoms with Gasteiger partial charge in [-0.15, -0.1) is 0 Å². The van der Waals surface area contributed by atoms with E-state index in [1.165, 1.54) is 12.8 Å². The second-order valence-corrected chi connectivity index (χ2v) is 4.57. The van der Waals surface area contributed by atoms with Crippen LogP contribution in [0, 0.1) is 0 Å². The number of aliphatic hydroxyl groups excluding tert-OH is 1. The molecule has 0 bridgehead atoms. The van der Waals surface area contributed by atoms with Crippen molar-refractivity contribution in [1.29, 1.82) is 0 Å². The molecular formula is C11H19N3O. The largest absolute Gasteiger partial charge is 0.387 e. The molecule has 0 saturated heterocycles. The number of aliphatic hydroxyl groups is 1. The summed E-state index contributed by atoms with van der Waals surface area (Å²) in [6.45, 7) is 4.44. The van der Waals surface area contributed by atoms with Crippen molar-refractivity contribution in [2.45, 2.75) is 44.8 Å². The second kappa shape index (κ2) is 3.94. The first-order chi connectivity index (χ1) is 7.13. The molecule has 1 aliphatic carbocycles. The highest BCUT2D eigenvalue weighted by atomic mass is 16.3. The van der Waals surface area contributed by atoms with E-state index in [1.807, 2.05) is 10.9 Å². The monoisotopic (exact) mass is 209 g/mol. The lowest BCUT2D eigenvalue weighted by molar-refractivity contribution is 0.185. The molecule has 1 unspecified atom stereocenters. The lowest BCUT2D eigenvalue weighted by Crippen LogP contribution is -2.12. The van der Waals surface area contributed by atoms with Crippen molar-refractivity contribution in [3.8, 4) is 0 Å². The van der Waals surface area contributed by atoms with Crippen molar-refractivity contribution >= 4 is 0 Å². The summed E-state index contributed by atoms with van der Waals surface area (Å²) < 4.78 is 1.92. The molecule has 2 rings (SSSR count). The van der Waals surface area contributed by atoms with E-state index in [0.29, 0.717) is 12.0 Å². The Labute approximate surface area is 90.1 Å². The Morgan fingerprint density at radius 3 is 2.73 bits per heavy atom. The number of nitrogens with two attached hydrogens (primary N) is 1. The summed E-state index contributed by atoms with van der Waals surface area (Å²) in [6.07, 6.45) is 3.77. The van der Waals surface area contributed by atoms with Gasteiger partial charge < -0.3 is 10.8 Å². The molecule has 4 nitrogen and oxygen atoms in total. The fourth-order valence-corrected chi connectivity index (χ4v) is 1.74. The Morgan fingerprint density at radius 2 is 2.27 bits per heavy atom. The maximum atomic E-state index is 9.80. The zero-order valence-electron chi connectivity index (χ0n) is 9.35. The third-order valence-electron chi connectivity index (χ3n) is 2.87. The van der Waals surface area contributed by atoms with Gasteiger partial charge in [-0.05, 0) is 26.7 Å². The highest BCUT2D eigenvalue weighted by molar-refractivity contribution is 5.27. The topological polar surface area (TPSA) is 64.1 Å². The van der Waals surface area contributed by atoms with E-state index in [4.69, 9.17) is 5.73 Å². The molecule has 1 aromatic rings. The fourth-order valence-electron chi connectivity index (χ4n) is 1.74. The quantitative estimate of drug-likeness (QED) is 0.786. The van der Waals surface area contributed by atoms with Crippen molar-refractivity contribution < 1.29 is 5.11 Å². The van der Waals surface area contributed by atoms with Gasteiger partial charge >= 0.3 is 0 Å². The van der Waals surface area contributed by atoms with E-state index in [2.05, 4.69) is 18.9 Å². The van der Waals surface area contributed by atoms with Gasteiger partial charge in [0.25, 0.3) is 0 Å². The van der Waals surface area contributed by atoms with Gasteiger partial charge in [-0.2, -0.15) is 5.10 Å². The standard InChI is InChI=1S/C11H19N3O/c1-7(2)14-6-9(10(15)5-12)11(13-14)8-3-4-8/h6-8,10,15H,3-5,12H2,1-2H3. The molecule has 0 aromatic carbocycles. The van der Waals surface area contributed by atoms with Crippen molar-refractivity contribution in [2.24, 2.45) is 5.73 Å². The maximum Gasteiger partial charge on any atom is 0.0945 e. The zero-order valence-corrected chi connectivity index (χ0v) is 9.35. The van der Waals surface area contributed by atoms with Crippen LogP contribution < -0.4 is 5.73 Å². The van der Waals surface area contributed by atoms with Gasteiger partial charge in [-0.3, -0.25) is 4.68 Å². The van der Waals surface area contributed by atoms with Crippen molar-refractivity contribution in [3.63, 3.8) is 0 Å². The summed E-state index contributed by atoms with van der Waals surface area (Å²) in [4.78, 5) is 0. The van der Waals surface area contributed by atoms with Gasteiger partial charge in [0, 0.05) is 30.3 Å². The van der Waals surface area contributed by atoms with Crippen molar-refractivity contribution in [2.75, 3.05) is 6.54 Å². The first-order valence-corrected chi connectivity index (χ1v) is 5.60. The summed E-state index contributed by atoms with van der Waals surface area (Å²) in [5.74, 6) is 0.557. The van der Waals surface area contributed by atoms with E-state index in [9.17, 15) is 5.11 Å². The minimum Gasteiger partial charge on any atom is -0.387 e. The number of hydrogen-bond acceptors (Lipinski definition) is 3. The molecule has 0 aliphatic heterocycles. The van der Waals surface area contributed by atoms with E-state index < -0.39 is 6.10 Å². The molecule has 15 heavy (non-hydrogen) atoms.